The summed E-state index contributed by atoms with van der Waals surface area (Å²) < 4.78 is 0. The molecule has 1 N–H and O–H groups in total. The quantitative estimate of drug-likeness (QED) is 0.823. The summed E-state index contributed by atoms with van der Waals surface area (Å²) in [5, 5.41) is 12.4. The minimum atomic E-state index is -0.323. The zero-order chi connectivity index (χ0) is 13.8. The number of nitrogens with one attached hydrogen (secondary N) is 1. The standard InChI is InChI=1S/C13H24N4O/c1-13(2,9-14)10-15-11-5-7-17(8-6-11)12(18)16(3)4/h11,15H,5-8,10H2,1-4H3. The van der Waals surface area contributed by atoms with E-state index < -0.39 is 0 Å². The molecule has 1 aliphatic heterocycles. The molecule has 1 fully saturated rings. The fourth-order valence-corrected chi connectivity index (χ4v) is 2.00. The summed E-state index contributed by atoms with van der Waals surface area (Å²) in [6.45, 7) is 6.16. The average Bonchev–Trinajstić information content (AvgIpc) is 2.36. The SMILES string of the molecule is CN(C)C(=O)N1CCC(NCC(C)(C)C#N)CC1. The third kappa shape index (κ3) is 4.19. The Morgan fingerprint density at radius 1 is 1.44 bits per heavy atom. The van der Waals surface area contributed by atoms with E-state index >= 15 is 0 Å². The number of urea groups is 1. The topological polar surface area (TPSA) is 59.4 Å². The van der Waals surface area contributed by atoms with Crippen LogP contribution in [0.15, 0.2) is 0 Å². The van der Waals surface area contributed by atoms with Gasteiger partial charge in [-0.1, -0.05) is 0 Å². The van der Waals surface area contributed by atoms with Crippen LogP contribution in [0.1, 0.15) is 26.7 Å². The van der Waals surface area contributed by atoms with Crippen molar-refractivity contribution in [3.63, 3.8) is 0 Å². The van der Waals surface area contributed by atoms with Crippen LogP contribution in [0.5, 0.6) is 0 Å². The molecule has 0 aromatic rings. The van der Waals surface area contributed by atoms with Gasteiger partial charge in [-0.05, 0) is 26.7 Å². The lowest BCUT2D eigenvalue weighted by Crippen LogP contribution is -2.49. The zero-order valence-corrected chi connectivity index (χ0v) is 11.9. The Kier molecular flexibility index (Phi) is 4.97. The van der Waals surface area contributed by atoms with Crippen LogP contribution in [0, 0.1) is 16.7 Å². The van der Waals surface area contributed by atoms with Gasteiger partial charge in [0.1, 0.15) is 0 Å². The van der Waals surface area contributed by atoms with Crippen LogP contribution >= 0.6 is 0 Å². The number of hydrogen-bond acceptors (Lipinski definition) is 3. The molecule has 0 atom stereocenters. The van der Waals surface area contributed by atoms with Crippen LogP contribution in [-0.4, -0.2) is 55.6 Å². The second kappa shape index (κ2) is 6.05. The average molecular weight is 252 g/mol. The van der Waals surface area contributed by atoms with Crippen molar-refractivity contribution in [1.82, 2.24) is 15.1 Å². The van der Waals surface area contributed by atoms with Crippen molar-refractivity contribution >= 4 is 6.03 Å². The molecule has 102 valence electrons. The predicted octanol–water partition coefficient (Wildman–Crippen LogP) is 1.27. The minimum Gasteiger partial charge on any atom is -0.331 e. The van der Waals surface area contributed by atoms with Gasteiger partial charge in [-0.3, -0.25) is 0 Å². The number of likely N-dealkylation sites (tertiary alicyclic amines) is 1. The number of piperidine rings is 1. The molecule has 1 heterocycles. The fraction of sp³-hybridized carbons (Fsp3) is 0.846. The molecule has 1 rings (SSSR count). The van der Waals surface area contributed by atoms with Gasteiger partial charge in [0, 0.05) is 39.8 Å². The van der Waals surface area contributed by atoms with Gasteiger partial charge in [0.2, 0.25) is 0 Å². The second-order valence-electron chi connectivity index (χ2n) is 5.81. The Bertz CT molecular complexity index is 324. The summed E-state index contributed by atoms with van der Waals surface area (Å²) >= 11 is 0. The molecule has 0 spiro atoms. The maximum absolute atomic E-state index is 11.8. The molecular formula is C13H24N4O. The van der Waals surface area contributed by atoms with Crippen molar-refractivity contribution in [2.75, 3.05) is 33.7 Å². The molecule has 0 radical (unpaired) electrons. The van der Waals surface area contributed by atoms with Gasteiger partial charge in [0.25, 0.3) is 0 Å². The number of nitrogens with zero attached hydrogens (tertiary/aromatic N) is 3. The highest BCUT2D eigenvalue weighted by Crippen LogP contribution is 2.15. The van der Waals surface area contributed by atoms with Gasteiger partial charge in [-0.15, -0.1) is 0 Å². The molecule has 5 nitrogen and oxygen atoms in total. The lowest BCUT2D eigenvalue weighted by molar-refractivity contribution is 0.151. The van der Waals surface area contributed by atoms with Gasteiger partial charge < -0.3 is 15.1 Å². The molecule has 0 bridgehead atoms. The van der Waals surface area contributed by atoms with Crippen molar-refractivity contribution in [3.8, 4) is 6.07 Å². The Labute approximate surface area is 110 Å². The second-order valence-corrected chi connectivity index (χ2v) is 5.81. The number of carbonyl (C=O) groups is 1. The van der Waals surface area contributed by atoms with E-state index in [0.29, 0.717) is 12.6 Å². The smallest absolute Gasteiger partial charge is 0.319 e. The Balaban J connectivity index is 2.32. The summed E-state index contributed by atoms with van der Waals surface area (Å²) in [6.07, 6.45) is 1.92. The third-order valence-electron chi connectivity index (χ3n) is 3.28. The summed E-state index contributed by atoms with van der Waals surface area (Å²) in [5.74, 6) is 0. The normalized spacial score (nSPS) is 17.4. The third-order valence-corrected chi connectivity index (χ3v) is 3.28. The first-order valence-electron chi connectivity index (χ1n) is 6.46. The molecule has 0 unspecified atom stereocenters. The van der Waals surface area contributed by atoms with Crippen molar-refractivity contribution in [3.05, 3.63) is 0 Å². The number of amides is 2. The van der Waals surface area contributed by atoms with Crippen LogP contribution in [0.25, 0.3) is 0 Å². The first-order valence-corrected chi connectivity index (χ1v) is 6.46. The van der Waals surface area contributed by atoms with E-state index in [9.17, 15) is 4.79 Å². The van der Waals surface area contributed by atoms with E-state index in [2.05, 4.69) is 11.4 Å². The highest BCUT2D eigenvalue weighted by atomic mass is 16.2. The van der Waals surface area contributed by atoms with Crippen LogP contribution in [0.4, 0.5) is 4.79 Å². The molecular weight excluding hydrogens is 228 g/mol. The molecule has 1 aliphatic rings. The summed E-state index contributed by atoms with van der Waals surface area (Å²) in [6, 6.07) is 2.80. The van der Waals surface area contributed by atoms with Crippen LogP contribution in [-0.2, 0) is 0 Å². The minimum absolute atomic E-state index is 0.0887. The maximum atomic E-state index is 11.8. The molecule has 18 heavy (non-hydrogen) atoms. The summed E-state index contributed by atoms with van der Waals surface area (Å²) in [4.78, 5) is 15.3. The van der Waals surface area contributed by atoms with Gasteiger partial charge >= 0.3 is 6.03 Å². The van der Waals surface area contributed by atoms with E-state index in [1.807, 2.05) is 18.7 Å². The van der Waals surface area contributed by atoms with Crippen LogP contribution < -0.4 is 5.32 Å². The number of carbonyl (C=O) groups excluding carboxylic acids is 1. The van der Waals surface area contributed by atoms with E-state index in [0.717, 1.165) is 25.9 Å². The molecule has 0 aromatic carbocycles. The lowest BCUT2D eigenvalue weighted by atomic mass is 9.94. The highest BCUT2D eigenvalue weighted by Gasteiger charge is 2.25. The number of hydrogen-bond donors (Lipinski definition) is 1. The van der Waals surface area contributed by atoms with Crippen molar-refractivity contribution in [1.29, 1.82) is 5.26 Å². The molecule has 0 saturated carbocycles. The van der Waals surface area contributed by atoms with Crippen LogP contribution in [0.3, 0.4) is 0 Å². The largest absolute Gasteiger partial charge is 0.331 e. The van der Waals surface area contributed by atoms with Crippen molar-refractivity contribution in [2.24, 2.45) is 5.41 Å². The summed E-state index contributed by atoms with van der Waals surface area (Å²) in [5.41, 5.74) is -0.323. The molecule has 0 aromatic heterocycles. The monoisotopic (exact) mass is 252 g/mol. The number of nitriles is 1. The molecule has 0 aliphatic carbocycles. The van der Waals surface area contributed by atoms with E-state index in [1.54, 1.807) is 19.0 Å². The molecule has 2 amide bonds. The zero-order valence-electron chi connectivity index (χ0n) is 11.9. The van der Waals surface area contributed by atoms with Crippen molar-refractivity contribution in [2.45, 2.75) is 32.7 Å². The van der Waals surface area contributed by atoms with Gasteiger partial charge in [-0.2, -0.15) is 5.26 Å². The van der Waals surface area contributed by atoms with E-state index in [-0.39, 0.29) is 11.4 Å². The Morgan fingerprint density at radius 3 is 2.44 bits per heavy atom. The van der Waals surface area contributed by atoms with E-state index in [4.69, 9.17) is 5.26 Å². The van der Waals surface area contributed by atoms with Crippen LogP contribution in [0.2, 0.25) is 0 Å². The Hall–Kier alpha value is -1.28. The number of rotatable bonds is 3. The highest BCUT2D eigenvalue weighted by molar-refractivity contribution is 5.73. The molecule has 1 saturated heterocycles. The first-order chi connectivity index (χ1) is 8.35. The van der Waals surface area contributed by atoms with Gasteiger partial charge in [0.15, 0.2) is 0 Å². The van der Waals surface area contributed by atoms with Gasteiger partial charge in [0.05, 0.1) is 11.5 Å². The summed E-state index contributed by atoms with van der Waals surface area (Å²) in [7, 11) is 3.56. The first kappa shape index (κ1) is 14.8. The lowest BCUT2D eigenvalue weighted by Gasteiger charge is -2.34. The fourth-order valence-electron chi connectivity index (χ4n) is 2.00. The van der Waals surface area contributed by atoms with Crippen molar-refractivity contribution < 1.29 is 4.79 Å². The van der Waals surface area contributed by atoms with Gasteiger partial charge in [-0.25, -0.2) is 4.79 Å². The van der Waals surface area contributed by atoms with E-state index in [1.165, 1.54) is 0 Å². The maximum Gasteiger partial charge on any atom is 0.319 e. The predicted molar refractivity (Wildman–Crippen MR) is 71.1 cm³/mol. The Morgan fingerprint density at radius 2 is 2.00 bits per heavy atom. The molecule has 5 heteroatoms.